The standard InChI is InChI=1S/C19H23NO5/c1-4-15-12-16(21)20(13-14-10-8-7-9-11-14)19(15,17(22)24-5-2)18(23)25-6-3/h4,7-11H,5-6,12-13H2,1-3H3/b15-4-. The Bertz CT molecular complexity index is 662. The first-order valence-electron chi connectivity index (χ1n) is 8.36. The second-order valence-corrected chi connectivity index (χ2v) is 5.61. The smallest absolute Gasteiger partial charge is 0.348 e. The van der Waals surface area contributed by atoms with Crippen LogP contribution in [0, 0.1) is 0 Å². The summed E-state index contributed by atoms with van der Waals surface area (Å²) in [6, 6.07) is 9.20. The predicted molar refractivity (Wildman–Crippen MR) is 91.4 cm³/mol. The highest BCUT2D eigenvalue weighted by Gasteiger charge is 2.62. The molecule has 1 heterocycles. The zero-order valence-corrected chi connectivity index (χ0v) is 14.8. The first-order chi connectivity index (χ1) is 12.0. The summed E-state index contributed by atoms with van der Waals surface area (Å²) in [4.78, 5) is 39.6. The van der Waals surface area contributed by atoms with Gasteiger partial charge in [-0.15, -0.1) is 0 Å². The number of carbonyl (C=O) groups is 3. The molecule has 0 spiro atoms. The van der Waals surface area contributed by atoms with Crippen LogP contribution in [-0.4, -0.2) is 41.5 Å². The summed E-state index contributed by atoms with van der Waals surface area (Å²) in [5.41, 5.74) is -0.648. The van der Waals surface area contributed by atoms with Crippen LogP contribution >= 0.6 is 0 Å². The number of likely N-dealkylation sites (tertiary alicyclic amines) is 1. The van der Waals surface area contributed by atoms with Gasteiger partial charge in [-0.05, 0) is 31.9 Å². The Hall–Kier alpha value is -2.63. The molecule has 1 aromatic carbocycles. The molecule has 1 aromatic rings. The quantitative estimate of drug-likeness (QED) is 0.449. The van der Waals surface area contributed by atoms with Crippen molar-refractivity contribution < 1.29 is 23.9 Å². The highest BCUT2D eigenvalue weighted by molar-refractivity contribution is 6.14. The molecule has 0 bridgehead atoms. The number of esters is 2. The van der Waals surface area contributed by atoms with Crippen molar-refractivity contribution in [2.24, 2.45) is 0 Å². The van der Waals surface area contributed by atoms with Crippen LogP contribution in [-0.2, 0) is 30.4 Å². The molecule has 0 saturated carbocycles. The van der Waals surface area contributed by atoms with Gasteiger partial charge < -0.3 is 14.4 Å². The highest BCUT2D eigenvalue weighted by atomic mass is 16.6. The first kappa shape index (κ1) is 18.7. The molecular weight excluding hydrogens is 322 g/mol. The van der Waals surface area contributed by atoms with E-state index in [0.717, 1.165) is 5.56 Å². The average Bonchev–Trinajstić information content (AvgIpc) is 2.89. The number of hydrogen-bond donors (Lipinski definition) is 0. The van der Waals surface area contributed by atoms with Crippen LogP contribution in [0.25, 0.3) is 0 Å². The zero-order chi connectivity index (χ0) is 18.4. The summed E-state index contributed by atoms with van der Waals surface area (Å²) < 4.78 is 10.3. The maximum atomic E-state index is 12.8. The second kappa shape index (κ2) is 7.96. The van der Waals surface area contributed by atoms with Gasteiger partial charge in [-0.2, -0.15) is 0 Å². The van der Waals surface area contributed by atoms with Crippen molar-refractivity contribution in [3.8, 4) is 0 Å². The number of nitrogens with zero attached hydrogens (tertiary/aromatic N) is 1. The largest absolute Gasteiger partial charge is 0.464 e. The summed E-state index contributed by atoms with van der Waals surface area (Å²) in [7, 11) is 0. The predicted octanol–water partition coefficient (Wildman–Crippen LogP) is 2.23. The number of carbonyl (C=O) groups excluding carboxylic acids is 3. The third kappa shape index (κ3) is 3.29. The molecule has 1 amide bonds. The van der Waals surface area contributed by atoms with E-state index in [0.29, 0.717) is 5.57 Å². The van der Waals surface area contributed by atoms with Gasteiger partial charge >= 0.3 is 11.9 Å². The Labute approximate surface area is 147 Å². The van der Waals surface area contributed by atoms with Gasteiger partial charge in [0.15, 0.2) is 0 Å². The molecular formula is C19H23NO5. The van der Waals surface area contributed by atoms with Gasteiger partial charge in [0, 0.05) is 6.54 Å². The first-order valence-corrected chi connectivity index (χ1v) is 8.36. The summed E-state index contributed by atoms with van der Waals surface area (Å²) in [5, 5.41) is 0. The van der Waals surface area contributed by atoms with Gasteiger partial charge in [0.2, 0.25) is 5.91 Å². The Kier molecular flexibility index (Phi) is 5.96. The monoisotopic (exact) mass is 345 g/mol. The minimum Gasteiger partial charge on any atom is -0.464 e. The lowest BCUT2D eigenvalue weighted by atomic mass is 9.89. The lowest BCUT2D eigenvalue weighted by Crippen LogP contribution is -2.59. The van der Waals surface area contributed by atoms with E-state index in [1.807, 2.05) is 30.3 Å². The number of allylic oxidation sites excluding steroid dienone is 1. The SMILES string of the molecule is C/C=C1/CC(=O)N(Cc2ccccc2)C1(C(=O)OCC)C(=O)OCC. The minimum absolute atomic E-state index is 0.0129. The molecule has 1 aliphatic heterocycles. The summed E-state index contributed by atoms with van der Waals surface area (Å²) in [6.07, 6.45) is 1.61. The highest BCUT2D eigenvalue weighted by Crippen LogP contribution is 2.39. The number of amides is 1. The molecule has 0 radical (unpaired) electrons. The lowest BCUT2D eigenvalue weighted by Gasteiger charge is -2.34. The van der Waals surface area contributed by atoms with Crippen molar-refractivity contribution in [3.05, 3.63) is 47.5 Å². The number of hydrogen-bond acceptors (Lipinski definition) is 5. The Morgan fingerprint density at radius 3 is 2.16 bits per heavy atom. The van der Waals surface area contributed by atoms with E-state index >= 15 is 0 Å². The van der Waals surface area contributed by atoms with Crippen molar-refractivity contribution in [2.75, 3.05) is 13.2 Å². The number of ether oxygens (including phenoxy) is 2. The Balaban J connectivity index is 2.56. The van der Waals surface area contributed by atoms with Gasteiger partial charge in [-0.1, -0.05) is 36.4 Å². The number of benzene rings is 1. The van der Waals surface area contributed by atoms with Crippen LogP contribution in [0.5, 0.6) is 0 Å². The molecule has 6 nitrogen and oxygen atoms in total. The topological polar surface area (TPSA) is 72.9 Å². The Morgan fingerprint density at radius 2 is 1.68 bits per heavy atom. The lowest BCUT2D eigenvalue weighted by molar-refractivity contribution is -0.173. The minimum atomic E-state index is -1.85. The van der Waals surface area contributed by atoms with E-state index in [1.54, 1.807) is 26.8 Å². The number of rotatable bonds is 6. The van der Waals surface area contributed by atoms with Crippen LogP contribution in [0.3, 0.4) is 0 Å². The normalized spacial score (nSPS) is 17.6. The van der Waals surface area contributed by atoms with Crippen molar-refractivity contribution in [1.82, 2.24) is 4.90 Å². The second-order valence-electron chi connectivity index (χ2n) is 5.61. The molecule has 6 heteroatoms. The van der Waals surface area contributed by atoms with Gasteiger partial charge in [0.25, 0.3) is 5.54 Å². The van der Waals surface area contributed by atoms with Crippen molar-refractivity contribution in [3.63, 3.8) is 0 Å². The fraction of sp³-hybridized carbons (Fsp3) is 0.421. The fourth-order valence-corrected chi connectivity index (χ4v) is 3.07. The summed E-state index contributed by atoms with van der Waals surface area (Å²) in [6.45, 7) is 5.33. The maximum Gasteiger partial charge on any atom is 0.348 e. The molecule has 0 atom stereocenters. The fourth-order valence-electron chi connectivity index (χ4n) is 3.07. The van der Waals surface area contributed by atoms with Crippen LogP contribution in [0.15, 0.2) is 42.0 Å². The van der Waals surface area contributed by atoms with E-state index in [4.69, 9.17) is 9.47 Å². The third-order valence-corrected chi connectivity index (χ3v) is 4.19. The van der Waals surface area contributed by atoms with E-state index in [-0.39, 0.29) is 32.1 Å². The van der Waals surface area contributed by atoms with Crippen molar-refractivity contribution in [2.45, 2.75) is 39.3 Å². The molecule has 0 unspecified atom stereocenters. The Morgan fingerprint density at radius 1 is 1.12 bits per heavy atom. The maximum absolute atomic E-state index is 12.8. The van der Waals surface area contributed by atoms with Gasteiger partial charge in [0.1, 0.15) is 0 Å². The molecule has 1 fully saturated rings. The molecule has 1 aliphatic rings. The molecule has 25 heavy (non-hydrogen) atoms. The van der Waals surface area contributed by atoms with Crippen LogP contribution < -0.4 is 0 Å². The molecule has 134 valence electrons. The van der Waals surface area contributed by atoms with E-state index < -0.39 is 17.5 Å². The van der Waals surface area contributed by atoms with Crippen LogP contribution in [0.1, 0.15) is 32.8 Å². The van der Waals surface area contributed by atoms with Crippen LogP contribution in [0.4, 0.5) is 0 Å². The molecule has 1 saturated heterocycles. The molecule has 2 rings (SSSR count). The van der Waals surface area contributed by atoms with Gasteiger partial charge in [-0.25, -0.2) is 9.59 Å². The zero-order valence-electron chi connectivity index (χ0n) is 14.8. The summed E-state index contributed by atoms with van der Waals surface area (Å²) in [5.74, 6) is -1.86. The molecule has 0 aliphatic carbocycles. The van der Waals surface area contributed by atoms with Crippen LogP contribution in [0.2, 0.25) is 0 Å². The van der Waals surface area contributed by atoms with Crippen molar-refractivity contribution >= 4 is 17.8 Å². The van der Waals surface area contributed by atoms with Gasteiger partial charge in [0.05, 0.1) is 19.6 Å². The van der Waals surface area contributed by atoms with Gasteiger partial charge in [-0.3, -0.25) is 4.79 Å². The van der Waals surface area contributed by atoms with E-state index in [1.165, 1.54) is 4.90 Å². The van der Waals surface area contributed by atoms with E-state index in [9.17, 15) is 14.4 Å². The third-order valence-electron chi connectivity index (χ3n) is 4.19. The average molecular weight is 345 g/mol. The molecule has 0 aromatic heterocycles. The van der Waals surface area contributed by atoms with E-state index in [2.05, 4.69) is 0 Å². The molecule has 0 N–H and O–H groups in total. The summed E-state index contributed by atoms with van der Waals surface area (Å²) >= 11 is 0. The van der Waals surface area contributed by atoms with Crippen molar-refractivity contribution in [1.29, 1.82) is 0 Å².